The van der Waals surface area contributed by atoms with Crippen LogP contribution >= 0.6 is 12.4 Å². The first-order valence-electron chi connectivity index (χ1n) is 6.28. The van der Waals surface area contributed by atoms with Gasteiger partial charge in [0.05, 0.1) is 13.0 Å². The van der Waals surface area contributed by atoms with Gasteiger partial charge in [0, 0.05) is 26.7 Å². The topological polar surface area (TPSA) is 55.6 Å². The van der Waals surface area contributed by atoms with Crippen molar-refractivity contribution in [1.82, 2.24) is 4.90 Å². The second-order valence-electron chi connectivity index (χ2n) is 4.15. The summed E-state index contributed by atoms with van der Waals surface area (Å²) in [6.07, 6.45) is 1.28. The quantitative estimate of drug-likeness (QED) is 0.787. The third-order valence-corrected chi connectivity index (χ3v) is 2.78. The Kier molecular flexibility index (Phi) is 10.2. The maximum Gasteiger partial charge on any atom is 0.224 e. The van der Waals surface area contributed by atoms with E-state index in [4.69, 9.17) is 10.5 Å². The van der Waals surface area contributed by atoms with Crippen LogP contribution in [-0.4, -0.2) is 44.2 Å². The third kappa shape index (κ3) is 7.15. The number of ether oxygens (including phenoxy) is 1. The molecule has 1 amide bonds. The Morgan fingerprint density at radius 3 is 2.53 bits per heavy atom. The standard InChI is InChI=1S/C14H22N2O2.ClH/c1-18-12-8-14(17)16(11-9-15)10-7-13-5-3-2-4-6-13;/h2-6H,7-12,15H2,1H3;1H. The molecule has 1 aromatic carbocycles. The van der Waals surface area contributed by atoms with Crippen molar-refractivity contribution < 1.29 is 9.53 Å². The Morgan fingerprint density at radius 1 is 1.26 bits per heavy atom. The van der Waals surface area contributed by atoms with Crippen LogP contribution in [0.2, 0.25) is 0 Å². The van der Waals surface area contributed by atoms with Crippen molar-refractivity contribution in [1.29, 1.82) is 0 Å². The number of hydrogen-bond donors (Lipinski definition) is 1. The van der Waals surface area contributed by atoms with Crippen LogP contribution in [0.15, 0.2) is 30.3 Å². The van der Waals surface area contributed by atoms with Crippen molar-refractivity contribution in [2.75, 3.05) is 33.4 Å². The van der Waals surface area contributed by atoms with Gasteiger partial charge in [0.2, 0.25) is 5.91 Å². The average molecular weight is 287 g/mol. The molecule has 0 saturated heterocycles. The van der Waals surface area contributed by atoms with Crippen molar-refractivity contribution in [3.63, 3.8) is 0 Å². The van der Waals surface area contributed by atoms with Gasteiger partial charge in [-0.15, -0.1) is 12.4 Å². The highest BCUT2D eigenvalue weighted by Gasteiger charge is 2.11. The summed E-state index contributed by atoms with van der Waals surface area (Å²) in [7, 11) is 1.60. The van der Waals surface area contributed by atoms with Crippen molar-refractivity contribution >= 4 is 18.3 Å². The summed E-state index contributed by atoms with van der Waals surface area (Å²) < 4.78 is 4.92. The van der Waals surface area contributed by atoms with E-state index in [9.17, 15) is 4.79 Å². The van der Waals surface area contributed by atoms with Crippen LogP contribution in [0, 0.1) is 0 Å². The number of nitrogens with zero attached hydrogens (tertiary/aromatic N) is 1. The number of amides is 1. The van der Waals surface area contributed by atoms with Gasteiger partial charge in [-0.25, -0.2) is 0 Å². The van der Waals surface area contributed by atoms with Crippen LogP contribution in [-0.2, 0) is 16.0 Å². The first-order chi connectivity index (χ1) is 8.77. The molecule has 0 atom stereocenters. The largest absolute Gasteiger partial charge is 0.384 e. The Balaban J connectivity index is 0.00000324. The molecule has 0 radical (unpaired) electrons. The number of carbonyl (C=O) groups excluding carboxylic acids is 1. The predicted octanol–water partition coefficient (Wildman–Crippen LogP) is 1.47. The molecular formula is C14H23ClN2O2. The number of benzene rings is 1. The first-order valence-corrected chi connectivity index (χ1v) is 6.28. The lowest BCUT2D eigenvalue weighted by molar-refractivity contribution is -0.132. The maximum atomic E-state index is 11.9. The van der Waals surface area contributed by atoms with E-state index >= 15 is 0 Å². The van der Waals surface area contributed by atoms with E-state index in [1.54, 1.807) is 7.11 Å². The number of nitrogens with two attached hydrogens (primary N) is 1. The molecule has 0 aliphatic rings. The summed E-state index contributed by atoms with van der Waals surface area (Å²) in [4.78, 5) is 13.7. The number of carbonyl (C=O) groups is 1. The molecule has 108 valence electrons. The Morgan fingerprint density at radius 2 is 1.95 bits per heavy atom. The van der Waals surface area contributed by atoms with E-state index in [1.807, 2.05) is 23.1 Å². The lowest BCUT2D eigenvalue weighted by Crippen LogP contribution is -2.37. The molecule has 0 unspecified atom stereocenters. The van der Waals surface area contributed by atoms with Crippen molar-refractivity contribution in [3.8, 4) is 0 Å². The average Bonchev–Trinajstić information content (AvgIpc) is 2.42. The highest BCUT2D eigenvalue weighted by Crippen LogP contribution is 2.03. The van der Waals surface area contributed by atoms with Gasteiger partial charge < -0.3 is 15.4 Å². The summed E-state index contributed by atoms with van der Waals surface area (Å²) in [5, 5.41) is 0. The molecule has 0 spiro atoms. The predicted molar refractivity (Wildman–Crippen MR) is 79.5 cm³/mol. The number of halogens is 1. The van der Waals surface area contributed by atoms with Gasteiger partial charge in [-0.3, -0.25) is 4.79 Å². The van der Waals surface area contributed by atoms with Gasteiger partial charge in [0.15, 0.2) is 0 Å². The van der Waals surface area contributed by atoms with Crippen LogP contribution in [0.5, 0.6) is 0 Å². The summed E-state index contributed by atoms with van der Waals surface area (Å²) in [5.41, 5.74) is 6.77. The van der Waals surface area contributed by atoms with Gasteiger partial charge in [-0.2, -0.15) is 0 Å². The summed E-state index contributed by atoms with van der Waals surface area (Å²) in [6, 6.07) is 10.1. The lowest BCUT2D eigenvalue weighted by atomic mass is 10.1. The highest BCUT2D eigenvalue weighted by molar-refractivity contribution is 5.85. The molecule has 5 heteroatoms. The van der Waals surface area contributed by atoms with E-state index < -0.39 is 0 Å². The Labute approximate surface area is 121 Å². The van der Waals surface area contributed by atoms with Crippen LogP contribution in [0.1, 0.15) is 12.0 Å². The molecule has 0 fully saturated rings. The van der Waals surface area contributed by atoms with Gasteiger partial charge in [0.25, 0.3) is 0 Å². The summed E-state index contributed by atoms with van der Waals surface area (Å²) in [5.74, 6) is 0.109. The third-order valence-electron chi connectivity index (χ3n) is 2.78. The van der Waals surface area contributed by atoms with Crippen molar-refractivity contribution in [2.45, 2.75) is 12.8 Å². The highest BCUT2D eigenvalue weighted by atomic mass is 35.5. The van der Waals surface area contributed by atoms with Crippen LogP contribution in [0.25, 0.3) is 0 Å². The fraction of sp³-hybridized carbons (Fsp3) is 0.500. The van der Waals surface area contributed by atoms with Crippen molar-refractivity contribution in [3.05, 3.63) is 35.9 Å². The first kappa shape index (κ1) is 17.9. The molecule has 1 aromatic rings. The number of methoxy groups -OCH3 is 1. The monoisotopic (exact) mass is 286 g/mol. The minimum atomic E-state index is 0. The van der Waals surface area contributed by atoms with Crippen LogP contribution in [0.3, 0.4) is 0 Å². The molecule has 19 heavy (non-hydrogen) atoms. The molecule has 0 aliphatic heterocycles. The van der Waals surface area contributed by atoms with Gasteiger partial charge in [-0.05, 0) is 12.0 Å². The van der Waals surface area contributed by atoms with E-state index in [2.05, 4.69) is 12.1 Å². The zero-order valence-electron chi connectivity index (χ0n) is 11.4. The van der Waals surface area contributed by atoms with Crippen molar-refractivity contribution in [2.24, 2.45) is 5.73 Å². The fourth-order valence-electron chi connectivity index (χ4n) is 1.77. The molecular weight excluding hydrogens is 264 g/mol. The molecule has 1 rings (SSSR count). The van der Waals surface area contributed by atoms with Gasteiger partial charge in [-0.1, -0.05) is 30.3 Å². The zero-order chi connectivity index (χ0) is 13.2. The SMILES string of the molecule is COCCC(=O)N(CCN)CCc1ccccc1.Cl. The molecule has 0 aliphatic carbocycles. The zero-order valence-corrected chi connectivity index (χ0v) is 12.2. The smallest absolute Gasteiger partial charge is 0.224 e. The molecule has 0 heterocycles. The molecule has 2 N–H and O–H groups in total. The molecule has 4 nitrogen and oxygen atoms in total. The fourth-order valence-corrected chi connectivity index (χ4v) is 1.77. The van der Waals surface area contributed by atoms with Gasteiger partial charge >= 0.3 is 0 Å². The van der Waals surface area contributed by atoms with Crippen LogP contribution < -0.4 is 5.73 Å². The number of hydrogen-bond acceptors (Lipinski definition) is 3. The summed E-state index contributed by atoms with van der Waals surface area (Å²) >= 11 is 0. The minimum Gasteiger partial charge on any atom is -0.384 e. The van der Waals surface area contributed by atoms with E-state index in [0.29, 0.717) is 32.7 Å². The van der Waals surface area contributed by atoms with E-state index in [0.717, 1.165) is 6.42 Å². The summed E-state index contributed by atoms with van der Waals surface area (Å²) in [6.45, 7) is 2.28. The van der Waals surface area contributed by atoms with Gasteiger partial charge in [0.1, 0.15) is 0 Å². The van der Waals surface area contributed by atoms with Crippen LogP contribution in [0.4, 0.5) is 0 Å². The van der Waals surface area contributed by atoms with E-state index in [-0.39, 0.29) is 18.3 Å². The Bertz CT molecular complexity index is 347. The van der Waals surface area contributed by atoms with E-state index in [1.165, 1.54) is 5.56 Å². The number of rotatable bonds is 8. The Hall–Kier alpha value is -1.10. The normalized spacial score (nSPS) is 9.79. The second-order valence-corrected chi connectivity index (χ2v) is 4.15. The molecule has 0 bridgehead atoms. The molecule has 0 aromatic heterocycles. The second kappa shape index (κ2) is 10.8. The lowest BCUT2D eigenvalue weighted by Gasteiger charge is -2.22. The minimum absolute atomic E-state index is 0. The maximum absolute atomic E-state index is 11.9. The molecule has 0 saturated carbocycles.